The van der Waals surface area contributed by atoms with E-state index in [1.54, 1.807) is 6.07 Å². The molecule has 8 heteroatoms. The van der Waals surface area contributed by atoms with Gasteiger partial charge in [-0.25, -0.2) is 8.42 Å². The number of halogens is 1. The van der Waals surface area contributed by atoms with Gasteiger partial charge in [0, 0.05) is 37.6 Å². The summed E-state index contributed by atoms with van der Waals surface area (Å²) in [6.07, 6.45) is 0. The van der Waals surface area contributed by atoms with Gasteiger partial charge in [-0.1, -0.05) is 30.3 Å². The minimum atomic E-state index is -3.52. The Morgan fingerprint density at radius 1 is 1.12 bits per heavy atom. The highest BCUT2D eigenvalue weighted by Crippen LogP contribution is 2.33. The number of benzene rings is 1. The van der Waals surface area contributed by atoms with Gasteiger partial charge in [0.15, 0.2) is 0 Å². The molecule has 1 N–H and O–H groups in total. The van der Waals surface area contributed by atoms with Crippen LogP contribution in [-0.4, -0.2) is 48.9 Å². The van der Waals surface area contributed by atoms with Gasteiger partial charge in [0.25, 0.3) is 0 Å². The number of nitrogens with zero attached hydrogens (tertiary/aromatic N) is 2. The summed E-state index contributed by atoms with van der Waals surface area (Å²) in [7, 11) is -3.52. The predicted molar refractivity (Wildman–Crippen MR) is 98.4 cm³/mol. The molecule has 0 atom stereocenters. The third-order valence-corrected chi connectivity index (χ3v) is 8.20. The third-order valence-electron chi connectivity index (χ3n) is 4.06. The molecule has 1 saturated heterocycles. The van der Waals surface area contributed by atoms with Crippen LogP contribution >= 0.6 is 27.3 Å². The maximum Gasteiger partial charge on any atom is 0.245 e. The van der Waals surface area contributed by atoms with Gasteiger partial charge in [-0.05, 0) is 27.6 Å². The number of rotatable bonds is 5. The lowest BCUT2D eigenvalue weighted by Crippen LogP contribution is -2.48. The molecule has 2 aromatic rings. The van der Waals surface area contributed by atoms with Crippen LogP contribution in [-0.2, 0) is 23.2 Å². The molecule has 1 fully saturated rings. The van der Waals surface area contributed by atoms with Crippen LogP contribution in [0.5, 0.6) is 0 Å². The molecular formula is C16H19BrN2O3S2. The normalized spacial score (nSPS) is 17.2. The Hall–Kier alpha value is -0.770. The molecular weight excluding hydrogens is 412 g/mol. The van der Waals surface area contributed by atoms with Crippen molar-refractivity contribution in [2.45, 2.75) is 18.0 Å². The average molecular weight is 431 g/mol. The summed E-state index contributed by atoms with van der Waals surface area (Å²) in [6, 6.07) is 11.8. The zero-order valence-corrected chi connectivity index (χ0v) is 16.3. The maximum absolute atomic E-state index is 12.8. The molecule has 130 valence electrons. The van der Waals surface area contributed by atoms with Crippen LogP contribution in [0.3, 0.4) is 0 Å². The fourth-order valence-electron chi connectivity index (χ4n) is 2.76. The molecule has 1 aliphatic heterocycles. The largest absolute Gasteiger partial charge is 0.391 e. The quantitative estimate of drug-likeness (QED) is 0.791. The number of hydrogen-bond donors (Lipinski definition) is 1. The van der Waals surface area contributed by atoms with E-state index in [2.05, 4.69) is 33.0 Å². The van der Waals surface area contributed by atoms with E-state index in [4.69, 9.17) is 0 Å². The molecule has 0 amide bonds. The van der Waals surface area contributed by atoms with Gasteiger partial charge in [0.2, 0.25) is 10.0 Å². The van der Waals surface area contributed by atoms with Crippen LogP contribution < -0.4 is 0 Å². The fraction of sp³-hybridized carbons (Fsp3) is 0.375. The lowest BCUT2D eigenvalue weighted by Gasteiger charge is -2.33. The highest BCUT2D eigenvalue weighted by Gasteiger charge is 2.31. The van der Waals surface area contributed by atoms with Crippen molar-refractivity contribution >= 4 is 37.3 Å². The van der Waals surface area contributed by atoms with Crippen molar-refractivity contribution in [3.05, 3.63) is 50.6 Å². The zero-order valence-electron chi connectivity index (χ0n) is 13.1. The first-order chi connectivity index (χ1) is 11.5. The molecule has 0 radical (unpaired) electrons. The fourth-order valence-corrected chi connectivity index (χ4v) is 6.67. The SMILES string of the molecule is O=S(=O)(c1cc(CO)sc1Br)N1CCN(Cc2ccccc2)CC1. The Labute approximate surface area is 154 Å². The van der Waals surface area contributed by atoms with Crippen LogP contribution in [0.15, 0.2) is 45.1 Å². The first-order valence-electron chi connectivity index (χ1n) is 7.66. The zero-order chi connectivity index (χ0) is 17.2. The third kappa shape index (κ3) is 3.89. The molecule has 3 rings (SSSR count). The molecule has 1 aromatic heterocycles. The number of hydrogen-bond acceptors (Lipinski definition) is 5. The molecule has 5 nitrogen and oxygen atoms in total. The molecule has 0 unspecified atom stereocenters. The molecule has 1 aliphatic rings. The Morgan fingerprint density at radius 3 is 2.38 bits per heavy atom. The minimum Gasteiger partial charge on any atom is -0.391 e. The molecule has 0 saturated carbocycles. The highest BCUT2D eigenvalue weighted by molar-refractivity contribution is 9.11. The second kappa shape index (κ2) is 7.63. The van der Waals surface area contributed by atoms with Gasteiger partial charge in [0.1, 0.15) is 4.90 Å². The number of sulfonamides is 1. The topological polar surface area (TPSA) is 60.9 Å². The average Bonchev–Trinajstić information content (AvgIpc) is 2.98. The van der Waals surface area contributed by atoms with Crippen molar-refractivity contribution in [3.8, 4) is 0 Å². The van der Waals surface area contributed by atoms with Crippen molar-refractivity contribution < 1.29 is 13.5 Å². The van der Waals surface area contributed by atoms with Gasteiger partial charge in [-0.2, -0.15) is 4.31 Å². The van der Waals surface area contributed by atoms with Crippen molar-refractivity contribution in [3.63, 3.8) is 0 Å². The predicted octanol–water partition coefficient (Wildman–Crippen LogP) is 2.51. The van der Waals surface area contributed by atoms with E-state index < -0.39 is 10.0 Å². The van der Waals surface area contributed by atoms with Gasteiger partial charge < -0.3 is 5.11 Å². The van der Waals surface area contributed by atoms with Crippen LogP contribution in [0.1, 0.15) is 10.4 Å². The Balaban J connectivity index is 1.66. The number of thiophene rings is 1. The van der Waals surface area contributed by atoms with E-state index in [1.807, 2.05) is 18.2 Å². The van der Waals surface area contributed by atoms with Crippen molar-refractivity contribution in [1.82, 2.24) is 9.21 Å². The summed E-state index contributed by atoms with van der Waals surface area (Å²) in [5.74, 6) is 0. The van der Waals surface area contributed by atoms with E-state index in [1.165, 1.54) is 21.2 Å². The lowest BCUT2D eigenvalue weighted by molar-refractivity contribution is 0.181. The molecule has 0 aliphatic carbocycles. The number of aliphatic hydroxyl groups is 1. The van der Waals surface area contributed by atoms with Crippen LogP contribution in [0, 0.1) is 0 Å². The summed E-state index contributed by atoms with van der Waals surface area (Å²) in [5.41, 5.74) is 1.24. The van der Waals surface area contributed by atoms with Crippen molar-refractivity contribution in [2.75, 3.05) is 26.2 Å². The van der Waals surface area contributed by atoms with E-state index in [9.17, 15) is 13.5 Å². The van der Waals surface area contributed by atoms with E-state index in [0.717, 1.165) is 6.54 Å². The Bertz CT molecular complexity index is 785. The molecule has 2 heterocycles. The Kier molecular flexibility index (Phi) is 5.74. The number of piperazine rings is 1. The maximum atomic E-state index is 12.8. The van der Waals surface area contributed by atoms with Crippen molar-refractivity contribution in [2.24, 2.45) is 0 Å². The van der Waals surface area contributed by atoms with Gasteiger partial charge >= 0.3 is 0 Å². The highest BCUT2D eigenvalue weighted by atomic mass is 79.9. The van der Waals surface area contributed by atoms with E-state index in [-0.39, 0.29) is 11.5 Å². The minimum absolute atomic E-state index is 0.149. The standard InChI is InChI=1S/C16H19BrN2O3S2/c17-16-15(10-14(12-20)23-16)24(21,22)19-8-6-18(7-9-19)11-13-4-2-1-3-5-13/h1-5,10,20H,6-9,11-12H2. The van der Waals surface area contributed by atoms with Crippen LogP contribution in [0.4, 0.5) is 0 Å². The Morgan fingerprint density at radius 2 is 1.79 bits per heavy atom. The summed E-state index contributed by atoms with van der Waals surface area (Å²) in [6.45, 7) is 3.07. The van der Waals surface area contributed by atoms with E-state index in [0.29, 0.717) is 34.8 Å². The number of aliphatic hydroxyl groups excluding tert-OH is 1. The van der Waals surface area contributed by atoms with Gasteiger partial charge in [0.05, 0.1) is 10.4 Å². The first kappa shape index (κ1) is 18.0. The van der Waals surface area contributed by atoms with E-state index >= 15 is 0 Å². The van der Waals surface area contributed by atoms with Crippen molar-refractivity contribution in [1.29, 1.82) is 0 Å². The molecule has 24 heavy (non-hydrogen) atoms. The molecule has 1 aromatic carbocycles. The lowest BCUT2D eigenvalue weighted by atomic mass is 10.2. The summed E-state index contributed by atoms with van der Waals surface area (Å²) >= 11 is 4.57. The molecule has 0 spiro atoms. The smallest absolute Gasteiger partial charge is 0.245 e. The van der Waals surface area contributed by atoms with Crippen LogP contribution in [0.2, 0.25) is 0 Å². The van der Waals surface area contributed by atoms with Gasteiger partial charge in [-0.3, -0.25) is 4.90 Å². The molecule has 0 bridgehead atoms. The monoisotopic (exact) mass is 430 g/mol. The summed E-state index contributed by atoms with van der Waals surface area (Å²) < 4.78 is 27.7. The second-order valence-electron chi connectivity index (χ2n) is 5.67. The van der Waals surface area contributed by atoms with Crippen LogP contribution in [0.25, 0.3) is 0 Å². The van der Waals surface area contributed by atoms with Gasteiger partial charge in [-0.15, -0.1) is 11.3 Å². The summed E-state index contributed by atoms with van der Waals surface area (Å²) in [4.78, 5) is 3.17. The second-order valence-corrected chi connectivity index (χ2v) is 10.0. The first-order valence-corrected chi connectivity index (χ1v) is 10.7. The summed E-state index contributed by atoms with van der Waals surface area (Å²) in [5, 5.41) is 9.20.